The van der Waals surface area contributed by atoms with E-state index in [0.717, 1.165) is 25.7 Å². The molecule has 1 atom stereocenters. The fourth-order valence-corrected chi connectivity index (χ4v) is 3.60. The molecule has 0 unspecified atom stereocenters. The first kappa shape index (κ1) is 20.2. The van der Waals surface area contributed by atoms with E-state index < -0.39 is 0 Å². The van der Waals surface area contributed by atoms with Crippen LogP contribution in [0.3, 0.4) is 0 Å². The lowest BCUT2D eigenvalue weighted by atomic mass is 9.65. The molecule has 2 aliphatic rings. The van der Waals surface area contributed by atoms with Gasteiger partial charge in [-0.3, -0.25) is 0 Å². The van der Waals surface area contributed by atoms with E-state index >= 15 is 0 Å². The predicted octanol–water partition coefficient (Wildman–Crippen LogP) is 4.98. The van der Waals surface area contributed by atoms with Crippen molar-refractivity contribution in [3.8, 4) is 0 Å². The Kier molecular flexibility index (Phi) is 5.55. The molecule has 1 heterocycles. The Morgan fingerprint density at radius 2 is 1.74 bits per heavy atom. The summed E-state index contributed by atoms with van der Waals surface area (Å²) < 4.78 is 18.0. The van der Waals surface area contributed by atoms with Crippen molar-refractivity contribution in [2.24, 2.45) is 5.41 Å². The summed E-state index contributed by atoms with van der Waals surface area (Å²) in [6, 6.07) is 9.18. The molecular formula is C22H31BO4. The second kappa shape index (κ2) is 7.44. The van der Waals surface area contributed by atoms with Crippen LogP contribution >= 0.6 is 0 Å². The molecule has 0 radical (unpaired) electrons. The molecule has 5 heteroatoms. The molecule has 1 fully saturated rings. The van der Waals surface area contributed by atoms with E-state index in [0.29, 0.717) is 12.2 Å². The first-order valence-corrected chi connectivity index (χ1v) is 9.95. The van der Waals surface area contributed by atoms with Crippen LogP contribution < -0.4 is 0 Å². The van der Waals surface area contributed by atoms with Crippen molar-refractivity contribution >= 4 is 13.1 Å². The van der Waals surface area contributed by atoms with Gasteiger partial charge >= 0.3 is 13.1 Å². The summed E-state index contributed by atoms with van der Waals surface area (Å²) in [6.07, 6.45) is 5.98. The fourth-order valence-electron chi connectivity index (χ4n) is 3.60. The fraction of sp³-hybridized carbons (Fsp3) is 0.591. The van der Waals surface area contributed by atoms with Gasteiger partial charge in [-0.05, 0) is 71.0 Å². The number of ether oxygens (including phenoxy) is 1. The highest BCUT2D eigenvalue weighted by Crippen LogP contribution is 2.44. The molecule has 1 aromatic rings. The molecule has 0 amide bonds. The zero-order chi connectivity index (χ0) is 19.7. The molecule has 3 rings (SSSR count). The van der Waals surface area contributed by atoms with Crippen LogP contribution in [0.15, 0.2) is 41.9 Å². The molecule has 4 nitrogen and oxygen atoms in total. The first-order chi connectivity index (χ1) is 12.7. The Morgan fingerprint density at radius 3 is 2.26 bits per heavy atom. The number of rotatable bonds is 5. The Labute approximate surface area is 163 Å². The predicted molar refractivity (Wildman–Crippen MR) is 107 cm³/mol. The summed E-state index contributed by atoms with van der Waals surface area (Å²) in [5.41, 5.74) is 1.18. The van der Waals surface area contributed by atoms with Gasteiger partial charge in [-0.1, -0.05) is 31.2 Å². The van der Waals surface area contributed by atoms with Crippen LogP contribution in [0.4, 0.5) is 0 Å². The van der Waals surface area contributed by atoms with Crippen LogP contribution in [0.2, 0.25) is 0 Å². The maximum absolute atomic E-state index is 12.3. The molecule has 1 aliphatic heterocycles. The number of hydrogen-bond donors (Lipinski definition) is 0. The maximum atomic E-state index is 12.3. The van der Waals surface area contributed by atoms with Crippen molar-refractivity contribution in [1.82, 2.24) is 0 Å². The number of allylic oxidation sites excluding steroid dienone is 2. The van der Waals surface area contributed by atoms with Crippen LogP contribution in [-0.4, -0.2) is 30.9 Å². The van der Waals surface area contributed by atoms with Crippen LogP contribution in [0, 0.1) is 5.41 Å². The lowest BCUT2D eigenvalue weighted by Crippen LogP contribution is -2.41. The molecule has 0 bridgehead atoms. The van der Waals surface area contributed by atoms with Crippen molar-refractivity contribution in [3.05, 3.63) is 47.4 Å². The summed E-state index contributed by atoms with van der Waals surface area (Å²) in [4.78, 5) is 12.3. The smallest absolute Gasteiger partial charge is 0.461 e. The van der Waals surface area contributed by atoms with Gasteiger partial charge < -0.3 is 14.0 Å². The van der Waals surface area contributed by atoms with Gasteiger partial charge in [0.15, 0.2) is 0 Å². The second-order valence-corrected chi connectivity index (χ2v) is 8.87. The van der Waals surface area contributed by atoms with Crippen LogP contribution in [0.5, 0.6) is 0 Å². The summed E-state index contributed by atoms with van der Waals surface area (Å²) >= 11 is 0. The molecule has 1 aromatic carbocycles. The number of carbonyl (C=O) groups excluding carboxylic acids is 1. The zero-order valence-electron chi connectivity index (χ0n) is 17.2. The van der Waals surface area contributed by atoms with Gasteiger partial charge in [0.05, 0.1) is 23.4 Å². The minimum atomic E-state index is -0.316. The SMILES string of the molecule is CC[C@@]1(COC(=O)c2ccccc2)CC=C(B2OC(C)(C)C(C)(C)O2)CC1. The van der Waals surface area contributed by atoms with Gasteiger partial charge in [-0.15, -0.1) is 0 Å². The monoisotopic (exact) mass is 370 g/mol. The highest BCUT2D eigenvalue weighted by atomic mass is 16.7. The molecule has 0 aromatic heterocycles. The average molecular weight is 370 g/mol. The number of esters is 1. The number of benzene rings is 1. The van der Waals surface area contributed by atoms with E-state index in [9.17, 15) is 4.79 Å². The van der Waals surface area contributed by atoms with E-state index in [2.05, 4.69) is 40.7 Å². The quantitative estimate of drug-likeness (QED) is 0.542. The second-order valence-electron chi connectivity index (χ2n) is 8.87. The van der Waals surface area contributed by atoms with Crippen molar-refractivity contribution in [3.63, 3.8) is 0 Å². The highest BCUT2D eigenvalue weighted by molar-refractivity contribution is 6.54. The minimum Gasteiger partial charge on any atom is -0.461 e. The summed E-state index contributed by atoms with van der Waals surface area (Å²) in [6.45, 7) is 10.9. The van der Waals surface area contributed by atoms with E-state index in [1.807, 2.05) is 18.2 Å². The third-order valence-corrected chi connectivity index (χ3v) is 6.57. The molecule has 0 N–H and O–H groups in total. The standard InChI is InChI=1S/C22H31BO4/c1-6-22(16-25-19(24)17-10-8-7-9-11-17)14-12-18(13-15-22)23-26-20(2,3)21(4,5)27-23/h7-12H,6,13-16H2,1-5H3/t22-/m1/s1. The molecule has 1 saturated heterocycles. The Morgan fingerprint density at radius 1 is 1.11 bits per heavy atom. The van der Waals surface area contributed by atoms with Gasteiger partial charge in [0.1, 0.15) is 0 Å². The van der Waals surface area contributed by atoms with Crippen molar-refractivity contribution in [1.29, 1.82) is 0 Å². The molecule has 146 valence electrons. The van der Waals surface area contributed by atoms with Crippen LogP contribution in [0.25, 0.3) is 0 Å². The van der Waals surface area contributed by atoms with E-state index in [4.69, 9.17) is 14.0 Å². The van der Waals surface area contributed by atoms with E-state index in [1.165, 1.54) is 5.47 Å². The van der Waals surface area contributed by atoms with Gasteiger partial charge in [0.25, 0.3) is 0 Å². The lowest BCUT2D eigenvalue weighted by Gasteiger charge is -2.35. The van der Waals surface area contributed by atoms with Crippen LogP contribution in [0.1, 0.15) is 70.7 Å². The maximum Gasteiger partial charge on any atom is 0.490 e. The Balaban J connectivity index is 1.62. The third kappa shape index (κ3) is 4.14. The molecule has 0 spiro atoms. The van der Waals surface area contributed by atoms with Gasteiger partial charge in [-0.2, -0.15) is 0 Å². The first-order valence-electron chi connectivity index (χ1n) is 9.95. The summed E-state index contributed by atoms with van der Waals surface area (Å²) in [5, 5.41) is 0. The van der Waals surface area contributed by atoms with Gasteiger partial charge in [0.2, 0.25) is 0 Å². The number of hydrogen-bond acceptors (Lipinski definition) is 4. The lowest BCUT2D eigenvalue weighted by molar-refractivity contribution is 0.00578. The molecular weight excluding hydrogens is 339 g/mol. The van der Waals surface area contributed by atoms with E-state index in [1.54, 1.807) is 12.1 Å². The van der Waals surface area contributed by atoms with Crippen molar-refractivity contribution in [2.45, 2.75) is 71.5 Å². The highest BCUT2D eigenvalue weighted by Gasteiger charge is 2.52. The van der Waals surface area contributed by atoms with Crippen molar-refractivity contribution in [2.75, 3.05) is 6.61 Å². The molecule has 0 saturated carbocycles. The molecule has 1 aliphatic carbocycles. The minimum absolute atomic E-state index is 0.00240. The van der Waals surface area contributed by atoms with Gasteiger partial charge in [-0.25, -0.2) is 4.79 Å². The van der Waals surface area contributed by atoms with Crippen molar-refractivity contribution < 1.29 is 18.8 Å². The number of carbonyl (C=O) groups is 1. The van der Waals surface area contributed by atoms with E-state index in [-0.39, 0.29) is 29.7 Å². The van der Waals surface area contributed by atoms with Gasteiger partial charge in [0, 0.05) is 5.41 Å². The average Bonchev–Trinajstić information content (AvgIpc) is 2.88. The normalized spacial score (nSPS) is 26.6. The summed E-state index contributed by atoms with van der Waals surface area (Å²) in [7, 11) is -0.267. The Bertz CT molecular complexity index is 694. The summed E-state index contributed by atoms with van der Waals surface area (Å²) in [5.74, 6) is -0.246. The third-order valence-electron chi connectivity index (χ3n) is 6.57. The molecule has 27 heavy (non-hydrogen) atoms. The largest absolute Gasteiger partial charge is 0.490 e. The van der Waals surface area contributed by atoms with Crippen LogP contribution in [-0.2, 0) is 14.0 Å². The zero-order valence-corrected chi connectivity index (χ0v) is 17.2. The topological polar surface area (TPSA) is 44.8 Å². The Hall–Kier alpha value is -1.59.